The zero-order valence-corrected chi connectivity index (χ0v) is 14.5. The maximum Gasteiger partial charge on any atom is 0.235 e. The van der Waals surface area contributed by atoms with Crippen molar-refractivity contribution in [3.63, 3.8) is 0 Å². The van der Waals surface area contributed by atoms with Crippen molar-refractivity contribution in [1.82, 2.24) is 10.2 Å². The number of halogens is 1. The number of nitrogens with one attached hydrogen (secondary N) is 1. The van der Waals surface area contributed by atoms with Gasteiger partial charge in [-0.25, -0.2) is 0 Å². The summed E-state index contributed by atoms with van der Waals surface area (Å²) in [6.45, 7) is 9.33. The summed E-state index contributed by atoms with van der Waals surface area (Å²) in [4.78, 5) is 15.3. The molecule has 0 spiro atoms. The fraction of sp³-hybridized carbons (Fsp3) is 0.600. The summed E-state index contributed by atoms with van der Waals surface area (Å²) in [5, 5.41) is 12.1. The molecular formula is C15H22ClN3OS. The standard InChI is InChI=1S/C15H22ClN3OS/c1-5-19(8-12-6-7-13(16)21-12)9-14(20)18-15(4,10-17)11(2)3/h6-7,11H,5,8-9H2,1-4H3,(H,18,20). The first-order valence-corrected chi connectivity index (χ1v) is 8.19. The average Bonchev–Trinajstić information content (AvgIpc) is 2.82. The first kappa shape index (κ1) is 18.0. The van der Waals surface area contributed by atoms with Crippen LogP contribution in [-0.4, -0.2) is 29.4 Å². The number of carbonyl (C=O) groups is 1. The number of nitrogens with zero attached hydrogens (tertiary/aromatic N) is 2. The van der Waals surface area contributed by atoms with Gasteiger partial charge in [-0.15, -0.1) is 11.3 Å². The van der Waals surface area contributed by atoms with Gasteiger partial charge in [0.1, 0.15) is 5.54 Å². The van der Waals surface area contributed by atoms with Gasteiger partial charge in [0.05, 0.1) is 17.0 Å². The maximum atomic E-state index is 12.2. The van der Waals surface area contributed by atoms with Gasteiger partial charge in [0.2, 0.25) is 5.91 Å². The summed E-state index contributed by atoms with van der Waals surface area (Å²) in [7, 11) is 0. The molecule has 21 heavy (non-hydrogen) atoms. The molecule has 4 nitrogen and oxygen atoms in total. The highest BCUT2D eigenvalue weighted by Gasteiger charge is 2.30. The van der Waals surface area contributed by atoms with Gasteiger partial charge in [0.25, 0.3) is 0 Å². The number of amides is 1. The van der Waals surface area contributed by atoms with Crippen molar-refractivity contribution in [2.24, 2.45) is 5.92 Å². The van der Waals surface area contributed by atoms with Crippen molar-refractivity contribution in [1.29, 1.82) is 5.26 Å². The Morgan fingerprint density at radius 3 is 2.67 bits per heavy atom. The number of hydrogen-bond acceptors (Lipinski definition) is 4. The van der Waals surface area contributed by atoms with Crippen molar-refractivity contribution in [3.05, 3.63) is 21.3 Å². The Hall–Kier alpha value is -1.09. The molecule has 1 rings (SSSR count). The molecule has 6 heteroatoms. The van der Waals surface area contributed by atoms with Gasteiger partial charge in [-0.1, -0.05) is 32.4 Å². The van der Waals surface area contributed by atoms with Crippen LogP contribution in [0.1, 0.15) is 32.6 Å². The monoisotopic (exact) mass is 327 g/mol. The molecule has 0 saturated carbocycles. The molecule has 1 unspecified atom stereocenters. The van der Waals surface area contributed by atoms with Crippen LogP contribution < -0.4 is 5.32 Å². The van der Waals surface area contributed by atoms with Gasteiger partial charge < -0.3 is 5.32 Å². The van der Waals surface area contributed by atoms with Crippen LogP contribution in [-0.2, 0) is 11.3 Å². The van der Waals surface area contributed by atoms with Gasteiger partial charge in [0.15, 0.2) is 0 Å². The molecular weight excluding hydrogens is 306 g/mol. The molecule has 0 saturated heterocycles. The van der Waals surface area contributed by atoms with E-state index in [4.69, 9.17) is 11.6 Å². The lowest BCUT2D eigenvalue weighted by atomic mass is 9.90. The molecule has 1 N–H and O–H groups in total. The van der Waals surface area contributed by atoms with E-state index in [0.717, 1.165) is 15.8 Å². The molecule has 1 aromatic heterocycles. The second kappa shape index (κ2) is 7.79. The van der Waals surface area contributed by atoms with Gasteiger partial charge in [0, 0.05) is 11.4 Å². The maximum absolute atomic E-state index is 12.2. The Kier molecular flexibility index (Phi) is 6.66. The highest BCUT2D eigenvalue weighted by atomic mass is 35.5. The highest BCUT2D eigenvalue weighted by molar-refractivity contribution is 7.16. The molecule has 0 aliphatic rings. The third kappa shape index (κ3) is 5.31. The minimum atomic E-state index is -0.831. The minimum Gasteiger partial charge on any atom is -0.337 e. The van der Waals surface area contributed by atoms with E-state index in [1.54, 1.807) is 6.92 Å². The van der Waals surface area contributed by atoms with Crippen molar-refractivity contribution in [3.8, 4) is 6.07 Å². The van der Waals surface area contributed by atoms with E-state index in [1.165, 1.54) is 11.3 Å². The zero-order chi connectivity index (χ0) is 16.0. The van der Waals surface area contributed by atoms with E-state index in [-0.39, 0.29) is 18.4 Å². The number of thiophene rings is 1. The Morgan fingerprint density at radius 2 is 2.24 bits per heavy atom. The highest BCUT2D eigenvalue weighted by Crippen LogP contribution is 2.22. The lowest BCUT2D eigenvalue weighted by Gasteiger charge is -2.29. The summed E-state index contributed by atoms with van der Waals surface area (Å²) in [6.07, 6.45) is 0. The third-order valence-electron chi connectivity index (χ3n) is 3.61. The molecule has 116 valence electrons. The van der Waals surface area contributed by atoms with E-state index in [0.29, 0.717) is 6.54 Å². The molecule has 1 heterocycles. The van der Waals surface area contributed by atoms with Gasteiger partial charge in [-0.05, 0) is 31.5 Å². The molecule has 1 amide bonds. The first-order valence-electron chi connectivity index (χ1n) is 6.99. The van der Waals surface area contributed by atoms with E-state index in [2.05, 4.69) is 11.4 Å². The molecule has 0 aromatic carbocycles. The average molecular weight is 328 g/mol. The molecule has 1 aromatic rings. The quantitative estimate of drug-likeness (QED) is 0.836. The van der Waals surface area contributed by atoms with E-state index in [9.17, 15) is 10.1 Å². The van der Waals surface area contributed by atoms with Crippen molar-refractivity contribution < 1.29 is 4.79 Å². The summed E-state index contributed by atoms with van der Waals surface area (Å²) in [6, 6.07) is 6.02. The Labute approximate surface area is 135 Å². The number of hydrogen-bond donors (Lipinski definition) is 1. The fourth-order valence-corrected chi connectivity index (χ4v) is 2.90. The Balaban J connectivity index is 2.61. The van der Waals surface area contributed by atoms with Crippen LogP contribution in [0.15, 0.2) is 12.1 Å². The number of rotatable bonds is 7. The minimum absolute atomic E-state index is 0.0534. The molecule has 0 bridgehead atoms. The second-order valence-electron chi connectivity index (χ2n) is 5.53. The number of nitriles is 1. The van der Waals surface area contributed by atoms with Crippen molar-refractivity contribution >= 4 is 28.8 Å². The van der Waals surface area contributed by atoms with Crippen LogP contribution in [0.2, 0.25) is 4.34 Å². The first-order chi connectivity index (χ1) is 9.80. The van der Waals surface area contributed by atoms with Crippen LogP contribution >= 0.6 is 22.9 Å². The predicted molar refractivity (Wildman–Crippen MR) is 87.3 cm³/mol. The van der Waals surface area contributed by atoms with Gasteiger partial charge in [-0.2, -0.15) is 5.26 Å². The Morgan fingerprint density at radius 1 is 1.57 bits per heavy atom. The van der Waals surface area contributed by atoms with E-state index >= 15 is 0 Å². The summed E-state index contributed by atoms with van der Waals surface area (Å²) >= 11 is 7.44. The lowest BCUT2D eigenvalue weighted by Crippen LogP contribution is -2.51. The third-order valence-corrected chi connectivity index (χ3v) is 4.82. The van der Waals surface area contributed by atoms with Gasteiger partial charge in [-0.3, -0.25) is 9.69 Å². The second-order valence-corrected chi connectivity index (χ2v) is 7.33. The van der Waals surface area contributed by atoms with Crippen LogP contribution in [0, 0.1) is 17.2 Å². The number of carbonyl (C=O) groups excluding carboxylic acids is 1. The number of likely N-dealkylation sites (N-methyl/N-ethyl adjacent to an activating group) is 1. The zero-order valence-electron chi connectivity index (χ0n) is 12.9. The largest absolute Gasteiger partial charge is 0.337 e. The van der Waals surface area contributed by atoms with Crippen molar-refractivity contribution in [2.75, 3.05) is 13.1 Å². The molecule has 0 fully saturated rings. The SMILES string of the molecule is CCN(CC(=O)NC(C)(C#N)C(C)C)Cc1ccc(Cl)s1. The topological polar surface area (TPSA) is 56.1 Å². The fourth-order valence-electron chi connectivity index (χ4n) is 1.77. The Bertz CT molecular complexity index is 523. The van der Waals surface area contributed by atoms with Crippen LogP contribution in [0.25, 0.3) is 0 Å². The molecule has 0 aliphatic heterocycles. The summed E-state index contributed by atoms with van der Waals surface area (Å²) in [5.41, 5.74) is -0.831. The van der Waals surface area contributed by atoms with E-state index < -0.39 is 5.54 Å². The predicted octanol–water partition coefficient (Wildman–Crippen LogP) is 3.28. The smallest absolute Gasteiger partial charge is 0.235 e. The summed E-state index contributed by atoms with van der Waals surface area (Å²) < 4.78 is 0.752. The lowest BCUT2D eigenvalue weighted by molar-refractivity contribution is -0.124. The molecule has 0 aliphatic carbocycles. The van der Waals surface area contributed by atoms with E-state index in [1.807, 2.05) is 37.8 Å². The molecule has 1 atom stereocenters. The summed E-state index contributed by atoms with van der Waals surface area (Å²) in [5.74, 6) is -0.0742. The van der Waals surface area contributed by atoms with Crippen molar-refractivity contribution in [2.45, 2.75) is 39.8 Å². The van der Waals surface area contributed by atoms with Gasteiger partial charge >= 0.3 is 0 Å². The molecule has 0 radical (unpaired) electrons. The van der Waals surface area contributed by atoms with Crippen LogP contribution in [0.3, 0.4) is 0 Å². The normalized spacial score (nSPS) is 14.0. The van der Waals surface area contributed by atoms with Crippen LogP contribution in [0.5, 0.6) is 0 Å². The van der Waals surface area contributed by atoms with Crippen LogP contribution in [0.4, 0.5) is 0 Å².